The molecule has 0 spiro atoms. The highest BCUT2D eigenvalue weighted by molar-refractivity contribution is 9.10. The van der Waals surface area contributed by atoms with Gasteiger partial charge in [0.25, 0.3) is 0 Å². The Labute approximate surface area is 106 Å². The van der Waals surface area contributed by atoms with E-state index < -0.39 is 17.4 Å². The summed E-state index contributed by atoms with van der Waals surface area (Å²) in [7, 11) is 1.16. The highest BCUT2D eigenvalue weighted by Gasteiger charge is 2.32. The Morgan fingerprint density at radius 2 is 2.24 bits per heavy atom. The number of halogens is 2. The fraction of sp³-hybridized carbons (Fsp3) is 0.364. The zero-order valence-corrected chi connectivity index (χ0v) is 11.0. The lowest BCUT2D eigenvalue weighted by molar-refractivity contribution is -0.163. The van der Waals surface area contributed by atoms with Gasteiger partial charge < -0.3 is 14.6 Å². The molecule has 1 N–H and O–H groups in total. The number of aliphatic hydroxyl groups is 1. The zero-order valence-electron chi connectivity index (χ0n) is 9.37. The van der Waals surface area contributed by atoms with Gasteiger partial charge >= 0.3 is 5.97 Å². The number of hydrogen-bond acceptors (Lipinski definition) is 4. The summed E-state index contributed by atoms with van der Waals surface area (Å²) in [5.41, 5.74) is -1.77. The predicted molar refractivity (Wildman–Crippen MR) is 62.2 cm³/mol. The number of hydrogen-bond donors (Lipinski definition) is 1. The van der Waals surface area contributed by atoms with Crippen molar-refractivity contribution in [1.29, 1.82) is 0 Å². The number of benzene rings is 1. The van der Waals surface area contributed by atoms with Crippen molar-refractivity contribution in [2.24, 2.45) is 0 Å². The molecule has 1 unspecified atom stereocenters. The quantitative estimate of drug-likeness (QED) is 0.863. The third kappa shape index (κ3) is 3.67. The minimum absolute atomic E-state index is 0.217. The molecule has 0 aliphatic heterocycles. The van der Waals surface area contributed by atoms with Gasteiger partial charge in [-0.25, -0.2) is 9.18 Å². The molecule has 0 aliphatic carbocycles. The summed E-state index contributed by atoms with van der Waals surface area (Å²) in [5, 5.41) is 9.67. The smallest absolute Gasteiger partial charge is 0.341 e. The molecule has 1 aromatic carbocycles. The molecule has 0 aromatic heterocycles. The Bertz CT molecular complexity index is 420. The molecule has 0 saturated carbocycles. The van der Waals surface area contributed by atoms with Gasteiger partial charge in [0.2, 0.25) is 0 Å². The molecule has 1 aromatic rings. The van der Waals surface area contributed by atoms with Gasteiger partial charge in [-0.15, -0.1) is 0 Å². The van der Waals surface area contributed by atoms with Crippen molar-refractivity contribution < 1.29 is 23.8 Å². The van der Waals surface area contributed by atoms with Crippen LogP contribution in [0.1, 0.15) is 6.92 Å². The molecule has 0 bridgehead atoms. The fourth-order valence-electron chi connectivity index (χ4n) is 1.07. The Kier molecular flexibility index (Phi) is 4.47. The lowest BCUT2D eigenvalue weighted by atomic mass is 10.1. The normalized spacial score (nSPS) is 13.9. The van der Waals surface area contributed by atoms with Crippen LogP contribution in [0.3, 0.4) is 0 Å². The first-order valence-corrected chi connectivity index (χ1v) is 5.55. The lowest BCUT2D eigenvalue weighted by Crippen LogP contribution is -2.42. The monoisotopic (exact) mass is 306 g/mol. The highest BCUT2D eigenvalue weighted by atomic mass is 79.9. The predicted octanol–water partition coefficient (Wildman–Crippen LogP) is 1.89. The molecule has 0 fully saturated rings. The van der Waals surface area contributed by atoms with E-state index in [4.69, 9.17) is 4.74 Å². The van der Waals surface area contributed by atoms with E-state index in [1.54, 1.807) is 0 Å². The van der Waals surface area contributed by atoms with Gasteiger partial charge in [0.05, 0.1) is 11.6 Å². The Balaban J connectivity index is 2.67. The molecule has 0 aliphatic rings. The molecule has 6 heteroatoms. The summed E-state index contributed by atoms with van der Waals surface area (Å²) in [5.74, 6) is -1.08. The number of carbonyl (C=O) groups is 1. The zero-order chi connectivity index (χ0) is 13.1. The van der Waals surface area contributed by atoms with Crippen LogP contribution in [0.2, 0.25) is 0 Å². The van der Waals surface area contributed by atoms with Crippen LogP contribution in [-0.2, 0) is 9.53 Å². The lowest BCUT2D eigenvalue weighted by Gasteiger charge is -2.20. The second kappa shape index (κ2) is 5.46. The van der Waals surface area contributed by atoms with Crippen LogP contribution in [0.5, 0.6) is 5.75 Å². The van der Waals surface area contributed by atoms with Gasteiger partial charge in [-0.2, -0.15) is 0 Å². The second-order valence-corrected chi connectivity index (χ2v) is 4.48. The van der Waals surface area contributed by atoms with Crippen LogP contribution in [0.4, 0.5) is 4.39 Å². The maximum Gasteiger partial charge on any atom is 0.341 e. The fourth-order valence-corrected chi connectivity index (χ4v) is 1.32. The Hall–Kier alpha value is -1.14. The average Bonchev–Trinajstić information content (AvgIpc) is 2.29. The Morgan fingerprint density at radius 3 is 2.76 bits per heavy atom. The third-order valence-corrected chi connectivity index (χ3v) is 2.68. The summed E-state index contributed by atoms with van der Waals surface area (Å²) in [6.45, 7) is 0.939. The highest BCUT2D eigenvalue weighted by Crippen LogP contribution is 2.21. The van der Waals surface area contributed by atoms with Crippen molar-refractivity contribution in [3.05, 3.63) is 28.5 Å². The molecule has 4 nitrogen and oxygen atoms in total. The van der Waals surface area contributed by atoms with Gasteiger partial charge in [-0.05, 0) is 35.0 Å². The van der Waals surface area contributed by atoms with Gasteiger partial charge in [0.15, 0.2) is 5.60 Å². The molecule has 0 saturated heterocycles. The number of carbonyl (C=O) groups excluding carboxylic acids is 1. The molecule has 0 heterocycles. The first kappa shape index (κ1) is 13.9. The van der Waals surface area contributed by atoms with Crippen LogP contribution in [0, 0.1) is 5.82 Å². The van der Waals surface area contributed by atoms with Crippen LogP contribution < -0.4 is 4.74 Å². The van der Waals surface area contributed by atoms with Gasteiger partial charge in [0.1, 0.15) is 18.2 Å². The summed E-state index contributed by atoms with van der Waals surface area (Å²) in [6.07, 6.45) is 0. The van der Waals surface area contributed by atoms with Gasteiger partial charge in [-0.1, -0.05) is 0 Å². The van der Waals surface area contributed by atoms with E-state index in [9.17, 15) is 14.3 Å². The molecule has 1 rings (SSSR count). The van der Waals surface area contributed by atoms with Crippen LogP contribution in [0.25, 0.3) is 0 Å². The SMILES string of the molecule is COC(=O)C(C)(O)COc1ccc(Br)c(F)c1. The van der Waals surface area contributed by atoms with Crippen molar-refractivity contribution >= 4 is 21.9 Å². The van der Waals surface area contributed by atoms with Crippen molar-refractivity contribution in [2.75, 3.05) is 13.7 Å². The summed E-state index contributed by atoms with van der Waals surface area (Å²) >= 11 is 3.00. The van der Waals surface area contributed by atoms with Crippen LogP contribution in [-0.4, -0.2) is 30.4 Å². The van der Waals surface area contributed by atoms with Crippen molar-refractivity contribution in [3.8, 4) is 5.75 Å². The molecular weight excluding hydrogens is 295 g/mol. The standard InChI is InChI=1S/C11H12BrFO4/c1-11(15,10(14)16-2)6-17-7-3-4-8(12)9(13)5-7/h3-5,15H,6H2,1-2H3. The van der Waals surface area contributed by atoms with Crippen LogP contribution >= 0.6 is 15.9 Å². The van der Waals surface area contributed by atoms with E-state index >= 15 is 0 Å². The van der Waals surface area contributed by atoms with E-state index in [1.165, 1.54) is 19.1 Å². The summed E-state index contributed by atoms with van der Waals surface area (Å²) in [4.78, 5) is 11.1. The molecular formula is C11H12BrFO4. The second-order valence-electron chi connectivity index (χ2n) is 3.63. The average molecular weight is 307 g/mol. The van der Waals surface area contributed by atoms with E-state index in [0.717, 1.165) is 13.2 Å². The first-order chi connectivity index (χ1) is 7.86. The van der Waals surface area contributed by atoms with Crippen molar-refractivity contribution in [2.45, 2.75) is 12.5 Å². The largest absolute Gasteiger partial charge is 0.490 e. The van der Waals surface area contributed by atoms with Crippen molar-refractivity contribution in [3.63, 3.8) is 0 Å². The van der Waals surface area contributed by atoms with Gasteiger partial charge in [-0.3, -0.25) is 0 Å². The first-order valence-electron chi connectivity index (χ1n) is 4.75. The van der Waals surface area contributed by atoms with Gasteiger partial charge in [0, 0.05) is 6.07 Å². The van der Waals surface area contributed by atoms with E-state index in [1.807, 2.05) is 0 Å². The minimum atomic E-state index is -1.77. The number of ether oxygens (including phenoxy) is 2. The van der Waals surface area contributed by atoms with E-state index in [0.29, 0.717) is 4.47 Å². The maximum absolute atomic E-state index is 13.1. The molecule has 0 amide bonds. The van der Waals surface area contributed by atoms with Crippen LogP contribution in [0.15, 0.2) is 22.7 Å². The number of esters is 1. The molecule has 1 atom stereocenters. The molecule has 94 valence electrons. The summed E-state index contributed by atoms with van der Waals surface area (Å²) in [6, 6.07) is 4.13. The minimum Gasteiger partial charge on any atom is -0.490 e. The van der Waals surface area contributed by atoms with E-state index in [2.05, 4.69) is 20.7 Å². The topological polar surface area (TPSA) is 55.8 Å². The third-order valence-electron chi connectivity index (χ3n) is 2.04. The molecule has 17 heavy (non-hydrogen) atoms. The van der Waals surface area contributed by atoms with Crippen molar-refractivity contribution in [1.82, 2.24) is 0 Å². The number of rotatable bonds is 4. The molecule has 0 radical (unpaired) electrons. The Morgan fingerprint density at radius 1 is 1.59 bits per heavy atom. The van der Waals surface area contributed by atoms with E-state index in [-0.39, 0.29) is 12.4 Å². The number of methoxy groups -OCH3 is 1. The maximum atomic E-state index is 13.1. The summed E-state index contributed by atoms with van der Waals surface area (Å²) < 4.78 is 23.0.